The van der Waals surface area contributed by atoms with E-state index in [4.69, 9.17) is 4.74 Å². The fourth-order valence-corrected chi connectivity index (χ4v) is 3.00. The molecule has 1 saturated heterocycles. The van der Waals surface area contributed by atoms with Crippen LogP contribution in [0.5, 0.6) is 0 Å². The van der Waals surface area contributed by atoms with E-state index in [0.29, 0.717) is 5.92 Å². The lowest BCUT2D eigenvalue weighted by Crippen LogP contribution is -2.22. The Morgan fingerprint density at radius 2 is 1.86 bits per heavy atom. The first-order valence-electron chi connectivity index (χ1n) is 8.20. The lowest BCUT2D eigenvalue weighted by molar-refractivity contribution is 0.122. The van der Waals surface area contributed by atoms with Crippen molar-refractivity contribution in [1.29, 1.82) is 0 Å². The molecule has 0 radical (unpaired) electrons. The zero-order chi connectivity index (χ0) is 15.1. The third kappa shape index (κ3) is 5.29. The SMILES string of the molecule is COC(C=C(CN1CCCC1)c1ccccc1)CC(C)C. The molecule has 0 amide bonds. The Morgan fingerprint density at radius 1 is 1.19 bits per heavy atom. The van der Waals surface area contributed by atoms with Crippen LogP contribution in [0, 0.1) is 5.92 Å². The maximum Gasteiger partial charge on any atom is 0.0760 e. The van der Waals surface area contributed by atoms with Crippen molar-refractivity contribution in [1.82, 2.24) is 4.90 Å². The van der Waals surface area contributed by atoms with Gasteiger partial charge in [0.05, 0.1) is 6.10 Å². The molecule has 1 aliphatic heterocycles. The van der Waals surface area contributed by atoms with Gasteiger partial charge in [0.25, 0.3) is 0 Å². The summed E-state index contributed by atoms with van der Waals surface area (Å²) in [5.41, 5.74) is 2.74. The highest BCUT2D eigenvalue weighted by Crippen LogP contribution is 2.21. The van der Waals surface area contributed by atoms with Crippen molar-refractivity contribution in [2.75, 3.05) is 26.7 Å². The van der Waals surface area contributed by atoms with Gasteiger partial charge in [0.15, 0.2) is 0 Å². The van der Waals surface area contributed by atoms with E-state index in [1.165, 1.54) is 37.1 Å². The second-order valence-electron chi connectivity index (χ2n) is 6.44. The van der Waals surface area contributed by atoms with Crippen molar-refractivity contribution in [2.45, 2.75) is 39.2 Å². The van der Waals surface area contributed by atoms with Gasteiger partial charge in [0.2, 0.25) is 0 Å². The van der Waals surface area contributed by atoms with Gasteiger partial charge in [-0.25, -0.2) is 0 Å². The molecule has 1 unspecified atom stereocenters. The van der Waals surface area contributed by atoms with Crippen LogP contribution in [0.15, 0.2) is 36.4 Å². The third-order valence-corrected chi connectivity index (χ3v) is 4.13. The van der Waals surface area contributed by atoms with Crippen molar-refractivity contribution in [2.24, 2.45) is 5.92 Å². The van der Waals surface area contributed by atoms with Crippen LogP contribution in [0.1, 0.15) is 38.7 Å². The van der Waals surface area contributed by atoms with Gasteiger partial charge in [-0.2, -0.15) is 0 Å². The summed E-state index contributed by atoms with van der Waals surface area (Å²) in [6.45, 7) is 8.00. The Balaban J connectivity index is 2.17. The highest BCUT2D eigenvalue weighted by atomic mass is 16.5. The zero-order valence-corrected chi connectivity index (χ0v) is 13.7. The van der Waals surface area contributed by atoms with Crippen molar-refractivity contribution in [3.8, 4) is 0 Å². The van der Waals surface area contributed by atoms with Crippen LogP contribution in [-0.4, -0.2) is 37.7 Å². The molecule has 0 bridgehead atoms. The smallest absolute Gasteiger partial charge is 0.0760 e. The second kappa shape index (κ2) is 8.35. The van der Waals surface area contributed by atoms with Gasteiger partial charge in [-0.15, -0.1) is 0 Å². The van der Waals surface area contributed by atoms with Crippen LogP contribution in [0.2, 0.25) is 0 Å². The molecular weight excluding hydrogens is 258 g/mol. The molecule has 0 saturated carbocycles. The summed E-state index contributed by atoms with van der Waals surface area (Å²) in [7, 11) is 1.82. The monoisotopic (exact) mass is 287 g/mol. The van der Waals surface area contributed by atoms with Crippen LogP contribution in [0.4, 0.5) is 0 Å². The predicted molar refractivity (Wildman–Crippen MR) is 90.3 cm³/mol. The van der Waals surface area contributed by atoms with E-state index < -0.39 is 0 Å². The minimum absolute atomic E-state index is 0.211. The van der Waals surface area contributed by atoms with Crippen LogP contribution in [-0.2, 0) is 4.74 Å². The standard InChI is InChI=1S/C19H29NO/c1-16(2)13-19(21-3)14-18(15-20-11-7-8-12-20)17-9-5-4-6-10-17/h4-6,9-10,14,16,19H,7-8,11-13,15H2,1-3H3. The number of rotatable bonds is 7. The summed E-state index contributed by atoms with van der Waals surface area (Å²) in [5, 5.41) is 0. The van der Waals surface area contributed by atoms with E-state index in [9.17, 15) is 0 Å². The minimum atomic E-state index is 0.211. The predicted octanol–water partition coefficient (Wildman–Crippen LogP) is 4.23. The maximum atomic E-state index is 5.68. The van der Waals surface area contributed by atoms with E-state index in [0.717, 1.165) is 13.0 Å². The second-order valence-corrected chi connectivity index (χ2v) is 6.44. The molecule has 1 aromatic carbocycles. The molecule has 1 heterocycles. The lowest BCUT2D eigenvalue weighted by atomic mass is 9.99. The summed E-state index contributed by atoms with van der Waals surface area (Å²) in [6, 6.07) is 10.8. The molecule has 1 aromatic rings. The van der Waals surface area contributed by atoms with Gasteiger partial charge < -0.3 is 4.74 Å². The molecule has 0 spiro atoms. The normalized spacial score (nSPS) is 18.4. The Bertz CT molecular complexity index is 432. The number of likely N-dealkylation sites (tertiary alicyclic amines) is 1. The molecule has 1 atom stereocenters. The first-order valence-corrected chi connectivity index (χ1v) is 8.20. The first kappa shape index (κ1) is 16.3. The zero-order valence-electron chi connectivity index (χ0n) is 13.7. The summed E-state index contributed by atoms with van der Waals surface area (Å²) in [5.74, 6) is 0.648. The average molecular weight is 287 g/mol. The topological polar surface area (TPSA) is 12.5 Å². The molecule has 1 aliphatic rings. The number of nitrogens with zero attached hydrogens (tertiary/aromatic N) is 1. The first-order chi connectivity index (χ1) is 10.2. The quantitative estimate of drug-likeness (QED) is 0.744. The van der Waals surface area contributed by atoms with Crippen molar-refractivity contribution in [3.05, 3.63) is 42.0 Å². The van der Waals surface area contributed by atoms with Crippen molar-refractivity contribution >= 4 is 5.57 Å². The molecular formula is C19H29NO. The Kier molecular flexibility index (Phi) is 6.47. The van der Waals surface area contributed by atoms with E-state index >= 15 is 0 Å². The van der Waals surface area contributed by atoms with Gasteiger partial charge in [-0.1, -0.05) is 50.3 Å². The number of hydrogen-bond acceptors (Lipinski definition) is 2. The summed E-state index contributed by atoms with van der Waals surface area (Å²) < 4.78 is 5.68. The van der Waals surface area contributed by atoms with Gasteiger partial charge in [-0.3, -0.25) is 4.90 Å². The van der Waals surface area contributed by atoms with Crippen LogP contribution in [0.25, 0.3) is 5.57 Å². The third-order valence-electron chi connectivity index (χ3n) is 4.13. The molecule has 116 valence electrons. The molecule has 2 rings (SSSR count). The Labute approximate surface area is 129 Å². The molecule has 0 aromatic heterocycles. The van der Waals surface area contributed by atoms with E-state index in [1.807, 2.05) is 7.11 Å². The molecule has 2 heteroatoms. The van der Waals surface area contributed by atoms with Crippen molar-refractivity contribution in [3.63, 3.8) is 0 Å². The summed E-state index contributed by atoms with van der Waals surface area (Å²) in [6.07, 6.45) is 6.30. The molecule has 0 aliphatic carbocycles. The molecule has 21 heavy (non-hydrogen) atoms. The average Bonchev–Trinajstić information content (AvgIpc) is 2.99. The van der Waals surface area contributed by atoms with Crippen LogP contribution < -0.4 is 0 Å². The number of benzene rings is 1. The van der Waals surface area contributed by atoms with E-state index in [2.05, 4.69) is 55.2 Å². The largest absolute Gasteiger partial charge is 0.377 e. The number of methoxy groups -OCH3 is 1. The van der Waals surface area contributed by atoms with Crippen LogP contribution in [0.3, 0.4) is 0 Å². The minimum Gasteiger partial charge on any atom is -0.377 e. The van der Waals surface area contributed by atoms with Crippen LogP contribution >= 0.6 is 0 Å². The maximum absolute atomic E-state index is 5.68. The molecule has 0 N–H and O–H groups in total. The highest BCUT2D eigenvalue weighted by Gasteiger charge is 2.16. The Morgan fingerprint density at radius 3 is 2.43 bits per heavy atom. The number of ether oxygens (including phenoxy) is 1. The van der Waals surface area contributed by atoms with Gasteiger partial charge in [-0.05, 0) is 49.4 Å². The highest BCUT2D eigenvalue weighted by molar-refractivity contribution is 5.67. The van der Waals surface area contributed by atoms with E-state index in [-0.39, 0.29) is 6.10 Å². The molecule has 1 fully saturated rings. The lowest BCUT2D eigenvalue weighted by Gasteiger charge is -2.21. The van der Waals surface area contributed by atoms with Crippen molar-refractivity contribution < 1.29 is 4.74 Å². The fourth-order valence-electron chi connectivity index (χ4n) is 3.00. The summed E-state index contributed by atoms with van der Waals surface area (Å²) in [4.78, 5) is 2.56. The number of hydrogen-bond donors (Lipinski definition) is 0. The van der Waals surface area contributed by atoms with E-state index in [1.54, 1.807) is 0 Å². The fraction of sp³-hybridized carbons (Fsp3) is 0.579. The summed E-state index contributed by atoms with van der Waals surface area (Å²) >= 11 is 0. The van der Waals surface area contributed by atoms with Gasteiger partial charge >= 0.3 is 0 Å². The van der Waals surface area contributed by atoms with Gasteiger partial charge in [0.1, 0.15) is 0 Å². The van der Waals surface area contributed by atoms with Gasteiger partial charge in [0, 0.05) is 13.7 Å². The molecule has 2 nitrogen and oxygen atoms in total. The Hall–Kier alpha value is -1.12.